The molecule has 6 nitrogen and oxygen atoms in total. The van der Waals surface area contributed by atoms with E-state index in [2.05, 4.69) is 5.32 Å². The van der Waals surface area contributed by atoms with Gasteiger partial charge >= 0.3 is 0 Å². The van der Waals surface area contributed by atoms with Crippen LogP contribution in [-0.2, 0) is 14.8 Å². The molecule has 0 bridgehead atoms. The predicted molar refractivity (Wildman–Crippen MR) is 109 cm³/mol. The smallest absolute Gasteiger partial charge is 0.243 e. The highest BCUT2D eigenvalue weighted by Gasteiger charge is 2.24. The number of benzene rings is 2. The first-order valence-corrected chi connectivity index (χ1v) is 11.1. The van der Waals surface area contributed by atoms with E-state index in [1.54, 1.807) is 17.8 Å². The van der Waals surface area contributed by atoms with Crippen molar-refractivity contribution < 1.29 is 17.9 Å². The van der Waals surface area contributed by atoms with E-state index in [4.69, 9.17) is 16.3 Å². The molecule has 146 valence electrons. The Morgan fingerprint density at radius 2 is 2.00 bits per heavy atom. The Labute approximate surface area is 168 Å². The van der Waals surface area contributed by atoms with Crippen molar-refractivity contribution in [2.24, 2.45) is 0 Å². The number of carbonyl (C=O) groups excluding carboxylic acids is 1. The first-order chi connectivity index (χ1) is 12.8. The van der Waals surface area contributed by atoms with Crippen LogP contribution in [0.5, 0.6) is 5.75 Å². The molecule has 0 aromatic heterocycles. The minimum Gasteiger partial charge on any atom is -0.492 e. The normalized spacial score (nSPS) is 11.4. The van der Waals surface area contributed by atoms with Gasteiger partial charge in [-0.15, -0.1) is 11.8 Å². The standard InChI is InChI=1S/C18H21ClN2O4S2/c1-4-25-17-9-8-15(11-16(17)19)27(23,24)21(2)12-18(22)20-13-6-5-7-14(10-13)26-3/h5-11H,4,12H2,1-3H3,(H,20,22). The Balaban J connectivity index is 2.10. The number of carbonyl (C=O) groups is 1. The summed E-state index contributed by atoms with van der Waals surface area (Å²) < 4.78 is 31.7. The SMILES string of the molecule is CCOc1ccc(S(=O)(=O)N(C)CC(=O)Nc2cccc(SC)c2)cc1Cl. The number of hydrogen-bond donors (Lipinski definition) is 1. The lowest BCUT2D eigenvalue weighted by Crippen LogP contribution is -2.35. The summed E-state index contributed by atoms with van der Waals surface area (Å²) in [6.07, 6.45) is 1.93. The summed E-state index contributed by atoms with van der Waals surface area (Å²) >= 11 is 7.62. The maximum atomic E-state index is 12.7. The molecule has 0 aliphatic heterocycles. The van der Waals surface area contributed by atoms with Crippen LogP contribution < -0.4 is 10.1 Å². The molecule has 0 saturated carbocycles. The van der Waals surface area contributed by atoms with Crippen molar-refractivity contribution >= 4 is 45.0 Å². The van der Waals surface area contributed by atoms with Gasteiger partial charge in [-0.3, -0.25) is 4.79 Å². The van der Waals surface area contributed by atoms with E-state index in [1.165, 1.54) is 25.2 Å². The zero-order valence-corrected chi connectivity index (χ0v) is 17.6. The number of nitrogens with zero attached hydrogens (tertiary/aromatic N) is 1. The van der Waals surface area contributed by atoms with Gasteiger partial charge < -0.3 is 10.1 Å². The van der Waals surface area contributed by atoms with E-state index in [0.29, 0.717) is 18.0 Å². The zero-order chi connectivity index (χ0) is 20.0. The Bertz CT molecular complexity index is 919. The summed E-state index contributed by atoms with van der Waals surface area (Å²) in [5, 5.41) is 2.90. The molecule has 1 amide bonds. The number of anilines is 1. The summed E-state index contributed by atoms with van der Waals surface area (Å²) in [6.45, 7) is 1.91. The van der Waals surface area contributed by atoms with Gasteiger partial charge in [-0.05, 0) is 49.6 Å². The molecule has 0 radical (unpaired) electrons. The Morgan fingerprint density at radius 3 is 2.63 bits per heavy atom. The number of hydrogen-bond acceptors (Lipinski definition) is 5. The minimum absolute atomic E-state index is 0.00404. The average molecular weight is 429 g/mol. The highest BCUT2D eigenvalue weighted by Crippen LogP contribution is 2.28. The van der Waals surface area contributed by atoms with Gasteiger partial charge in [-0.1, -0.05) is 17.7 Å². The molecule has 0 heterocycles. The molecule has 0 unspecified atom stereocenters. The van der Waals surface area contributed by atoms with Crippen molar-refractivity contribution in [1.29, 1.82) is 0 Å². The molecule has 0 atom stereocenters. The summed E-state index contributed by atoms with van der Waals surface area (Å²) in [4.78, 5) is 13.2. The summed E-state index contributed by atoms with van der Waals surface area (Å²) in [6, 6.07) is 11.5. The van der Waals surface area contributed by atoms with Gasteiger partial charge in [0, 0.05) is 17.6 Å². The third-order valence-corrected chi connectivity index (χ3v) is 6.45. The predicted octanol–water partition coefficient (Wildman–Crippen LogP) is 3.72. The molecule has 0 aliphatic carbocycles. The van der Waals surface area contributed by atoms with Gasteiger partial charge in [0.2, 0.25) is 15.9 Å². The highest BCUT2D eigenvalue weighted by atomic mass is 35.5. The topological polar surface area (TPSA) is 75.7 Å². The summed E-state index contributed by atoms with van der Waals surface area (Å²) in [5.41, 5.74) is 0.613. The lowest BCUT2D eigenvalue weighted by atomic mass is 10.3. The first kappa shape index (κ1) is 21.6. The molecule has 2 rings (SSSR count). The van der Waals surface area contributed by atoms with Gasteiger partial charge in [0.25, 0.3) is 0 Å². The number of ether oxygens (including phenoxy) is 1. The Hall–Kier alpha value is -1.74. The maximum absolute atomic E-state index is 12.7. The second-order valence-corrected chi connectivity index (χ2v) is 8.90. The first-order valence-electron chi connectivity index (χ1n) is 8.10. The van der Waals surface area contributed by atoms with Crippen LogP contribution in [0.15, 0.2) is 52.3 Å². The second-order valence-electron chi connectivity index (χ2n) is 5.57. The molecular formula is C18H21ClN2O4S2. The fraction of sp³-hybridized carbons (Fsp3) is 0.278. The van der Waals surface area contributed by atoms with Crippen molar-refractivity contribution in [3.63, 3.8) is 0 Å². The molecule has 0 saturated heterocycles. The largest absolute Gasteiger partial charge is 0.492 e. The van der Waals surface area contributed by atoms with Crippen molar-refractivity contribution in [2.75, 3.05) is 31.8 Å². The van der Waals surface area contributed by atoms with Gasteiger partial charge in [0.1, 0.15) is 5.75 Å². The number of rotatable bonds is 8. The van der Waals surface area contributed by atoms with E-state index in [-0.39, 0.29) is 16.5 Å². The van der Waals surface area contributed by atoms with Crippen LogP contribution in [0.3, 0.4) is 0 Å². The van der Waals surface area contributed by atoms with Gasteiger partial charge in [-0.25, -0.2) is 8.42 Å². The van der Waals surface area contributed by atoms with E-state index in [9.17, 15) is 13.2 Å². The lowest BCUT2D eigenvalue weighted by molar-refractivity contribution is -0.116. The van der Waals surface area contributed by atoms with Crippen molar-refractivity contribution in [3.05, 3.63) is 47.5 Å². The summed E-state index contributed by atoms with van der Waals surface area (Å²) in [7, 11) is -2.52. The molecule has 2 aromatic carbocycles. The highest BCUT2D eigenvalue weighted by molar-refractivity contribution is 7.98. The van der Waals surface area contributed by atoms with Crippen LogP contribution in [0, 0.1) is 0 Å². The van der Waals surface area contributed by atoms with Crippen molar-refractivity contribution in [2.45, 2.75) is 16.7 Å². The van der Waals surface area contributed by atoms with Crippen molar-refractivity contribution in [3.8, 4) is 5.75 Å². The Kier molecular flexibility index (Phi) is 7.55. The molecule has 0 fully saturated rings. The molecule has 2 aromatic rings. The number of sulfonamides is 1. The van der Waals surface area contributed by atoms with Gasteiger partial charge in [-0.2, -0.15) is 4.31 Å². The fourth-order valence-electron chi connectivity index (χ4n) is 2.28. The maximum Gasteiger partial charge on any atom is 0.243 e. The van der Waals surface area contributed by atoms with E-state index in [0.717, 1.165) is 9.20 Å². The second kappa shape index (κ2) is 9.45. The minimum atomic E-state index is -3.86. The van der Waals surface area contributed by atoms with Gasteiger partial charge in [0.15, 0.2) is 0 Å². The van der Waals surface area contributed by atoms with Crippen molar-refractivity contribution in [1.82, 2.24) is 4.31 Å². The molecular weight excluding hydrogens is 408 g/mol. The monoisotopic (exact) mass is 428 g/mol. The number of amides is 1. The quantitative estimate of drug-likeness (QED) is 0.648. The molecule has 1 N–H and O–H groups in total. The number of nitrogens with one attached hydrogen (secondary N) is 1. The zero-order valence-electron chi connectivity index (χ0n) is 15.2. The third kappa shape index (κ3) is 5.62. The van der Waals surface area contributed by atoms with E-state index < -0.39 is 15.9 Å². The number of likely N-dealkylation sites (N-methyl/N-ethyl adjacent to an activating group) is 1. The average Bonchev–Trinajstić information content (AvgIpc) is 2.63. The summed E-state index contributed by atoms with van der Waals surface area (Å²) in [5.74, 6) is -0.0245. The lowest BCUT2D eigenvalue weighted by Gasteiger charge is -2.17. The van der Waals surface area contributed by atoms with Crippen LogP contribution in [-0.4, -0.2) is 45.1 Å². The van der Waals surface area contributed by atoms with Gasteiger partial charge in [0.05, 0.1) is 23.1 Å². The molecule has 0 spiro atoms. The number of thioether (sulfide) groups is 1. The van der Waals surface area contributed by atoms with E-state index >= 15 is 0 Å². The Morgan fingerprint density at radius 1 is 1.26 bits per heavy atom. The van der Waals surface area contributed by atoms with Crippen LogP contribution in [0.25, 0.3) is 0 Å². The van der Waals surface area contributed by atoms with Crippen LogP contribution in [0.4, 0.5) is 5.69 Å². The molecule has 0 aliphatic rings. The van der Waals surface area contributed by atoms with Crippen LogP contribution in [0.2, 0.25) is 5.02 Å². The third-order valence-electron chi connectivity index (χ3n) is 3.63. The number of halogens is 1. The molecule has 9 heteroatoms. The van der Waals surface area contributed by atoms with Crippen LogP contribution in [0.1, 0.15) is 6.92 Å². The molecule has 27 heavy (non-hydrogen) atoms. The van der Waals surface area contributed by atoms with E-state index in [1.807, 2.05) is 31.4 Å². The van der Waals surface area contributed by atoms with Crippen LogP contribution >= 0.6 is 23.4 Å². The fourth-order valence-corrected chi connectivity index (χ4v) is 4.20.